The van der Waals surface area contributed by atoms with Crippen LogP contribution in [0.2, 0.25) is 0 Å². The zero-order chi connectivity index (χ0) is 14.0. The minimum Gasteiger partial charge on any atom is -0.297 e. The molecule has 0 N–H and O–H groups in total. The lowest BCUT2D eigenvalue weighted by molar-refractivity contribution is 0.0513. The van der Waals surface area contributed by atoms with Crippen LogP contribution in [0, 0.1) is 12.8 Å². The van der Waals surface area contributed by atoms with Crippen LogP contribution in [0.5, 0.6) is 0 Å². The summed E-state index contributed by atoms with van der Waals surface area (Å²) in [5, 5.41) is 0. The third-order valence-corrected chi connectivity index (χ3v) is 4.66. The number of aryl methyl sites for hydroxylation is 1. The number of hydrogen-bond acceptors (Lipinski definition) is 2. The molecule has 0 spiro atoms. The van der Waals surface area contributed by atoms with Gasteiger partial charge in [-0.2, -0.15) is 0 Å². The molecule has 2 rings (SSSR count). The minimum absolute atomic E-state index is 0.291. The first kappa shape index (κ1) is 14.3. The molecule has 0 bridgehead atoms. The lowest BCUT2D eigenvalue weighted by Crippen LogP contribution is -2.53. The molecule has 0 unspecified atom stereocenters. The number of ketones is 1. The molecule has 0 aliphatic heterocycles. The number of carbonyl (C=O) groups is 1. The van der Waals surface area contributed by atoms with Crippen molar-refractivity contribution in [3.05, 3.63) is 35.4 Å². The molecule has 0 saturated heterocycles. The monoisotopic (exact) mass is 259 g/mol. The van der Waals surface area contributed by atoms with Crippen LogP contribution in [0.15, 0.2) is 24.3 Å². The van der Waals surface area contributed by atoms with Crippen LogP contribution in [0.4, 0.5) is 0 Å². The first-order chi connectivity index (χ1) is 8.95. The second kappa shape index (κ2) is 5.46. The summed E-state index contributed by atoms with van der Waals surface area (Å²) in [6.45, 7) is 4.33. The molecule has 19 heavy (non-hydrogen) atoms. The second-order valence-corrected chi connectivity index (χ2v) is 6.31. The van der Waals surface area contributed by atoms with Crippen molar-refractivity contribution in [2.24, 2.45) is 5.92 Å². The second-order valence-electron chi connectivity index (χ2n) is 6.31. The van der Waals surface area contributed by atoms with E-state index < -0.39 is 0 Å². The Labute approximate surface area is 116 Å². The first-order valence-electron chi connectivity index (χ1n) is 7.24. The Hall–Kier alpha value is -1.15. The number of benzene rings is 1. The zero-order valence-electron chi connectivity index (χ0n) is 12.6. The fraction of sp³-hybridized carbons (Fsp3) is 0.588. The summed E-state index contributed by atoms with van der Waals surface area (Å²) in [6.07, 6.45) is 4.26. The standard InChI is InChI=1S/C17H25NO/c1-13-8-10-17(11-9-13,18(3)4)16(19)15-7-5-6-14(2)12-15/h5-7,12-13H,8-11H2,1-4H3. The van der Waals surface area contributed by atoms with E-state index >= 15 is 0 Å². The Kier molecular flexibility index (Phi) is 4.10. The van der Waals surface area contributed by atoms with E-state index in [0.717, 1.165) is 42.7 Å². The van der Waals surface area contributed by atoms with Crippen LogP contribution in [-0.4, -0.2) is 30.3 Å². The van der Waals surface area contributed by atoms with E-state index in [1.807, 2.05) is 45.3 Å². The Balaban J connectivity index is 2.32. The van der Waals surface area contributed by atoms with Crippen molar-refractivity contribution in [2.45, 2.75) is 45.1 Å². The predicted molar refractivity (Wildman–Crippen MR) is 79.6 cm³/mol. The fourth-order valence-electron chi connectivity index (χ4n) is 3.17. The maximum Gasteiger partial charge on any atom is 0.183 e. The van der Waals surface area contributed by atoms with Crippen molar-refractivity contribution < 1.29 is 4.79 Å². The lowest BCUT2D eigenvalue weighted by atomic mass is 9.72. The number of nitrogens with zero attached hydrogens (tertiary/aromatic N) is 1. The number of hydrogen-bond donors (Lipinski definition) is 0. The number of rotatable bonds is 3. The van der Waals surface area contributed by atoms with Gasteiger partial charge in [0.1, 0.15) is 0 Å². The van der Waals surface area contributed by atoms with Gasteiger partial charge in [0.2, 0.25) is 0 Å². The number of likely N-dealkylation sites (N-methyl/N-ethyl adjacent to an activating group) is 1. The van der Waals surface area contributed by atoms with Gasteiger partial charge in [0.15, 0.2) is 5.78 Å². The van der Waals surface area contributed by atoms with E-state index in [4.69, 9.17) is 0 Å². The van der Waals surface area contributed by atoms with E-state index in [1.165, 1.54) is 0 Å². The molecule has 0 radical (unpaired) electrons. The summed E-state index contributed by atoms with van der Waals surface area (Å²) in [4.78, 5) is 15.1. The average Bonchev–Trinajstić information content (AvgIpc) is 2.39. The van der Waals surface area contributed by atoms with Crippen LogP contribution < -0.4 is 0 Å². The molecule has 1 fully saturated rings. The molecule has 1 aromatic rings. The quantitative estimate of drug-likeness (QED) is 0.772. The Morgan fingerprint density at radius 3 is 2.42 bits per heavy atom. The summed E-state index contributed by atoms with van der Waals surface area (Å²) in [6, 6.07) is 8.00. The normalized spacial score (nSPS) is 27.5. The molecule has 1 aliphatic carbocycles. The van der Waals surface area contributed by atoms with E-state index in [-0.39, 0.29) is 5.54 Å². The molecule has 0 atom stereocenters. The molecule has 1 aromatic carbocycles. The third kappa shape index (κ3) is 2.74. The molecular formula is C17H25NO. The average molecular weight is 259 g/mol. The van der Waals surface area contributed by atoms with Crippen molar-refractivity contribution in [1.29, 1.82) is 0 Å². The van der Waals surface area contributed by atoms with Gasteiger partial charge in [-0.15, -0.1) is 0 Å². The Morgan fingerprint density at radius 1 is 1.26 bits per heavy atom. The van der Waals surface area contributed by atoms with Gasteiger partial charge in [-0.25, -0.2) is 0 Å². The molecule has 104 valence electrons. The van der Waals surface area contributed by atoms with Crippen LogP contribution >= 0.6 is 0 Å². The molecule has 2 nitrogen and oxygen atoms in total. The molecule has 0 heterocycles. The zero-order valence-corrected chi connectivity index (χ0v) is 12.6. The van der Waals surface area contributed by atoms with Crippen molar-refractivity contribution in [3.63, 3.8) is 0 Å². The van der Waals surface area contributed by atoms with Gasteiger partial charge in [-0.3, -0.25) is 9.69 Å². The summed E-state index contributed by atoms with van der Waals surface area (Å²) in [5.41, 5.74) is 1.73. The van der Waals surface area contributed by atoms with Gasteiger partial charge in [-0.05, 0) is 58.7 Å². The van der Waals surface area contributed by atoms with Crippen molar-refractivity contribution in [2.75, 3.05) is 14.1 Å². The molecule has 0 aromatic heterocycles. The van der Waals surface area contributed by atoms with Gasteiger partial charge < -0.3 is 0 Å². The van der Waals surface area contributed by atoms with E-state index in [1.54, 1.807) is 0 Å². The summed E-state index contributed by atoms with van der Waals surface area (Å²) >= 11 is 0. The molecule has 2 heteroatoms. The molecule has 0 amide bonds. The Morgan fingerprint density at radius 2 is 1.89 bits per heavy atom. The highest BCUT2D eigenvalue weighted by molar-refractivity contribution is 6.03. The van der Waals surface area contributed by atoms with Gasteiger partial charge in [0, 0.05) is 5.56 Å². The molecule has 1 aliphatic rings. The van der Waals surface area contributed by atoms with Crippen LogP contribution in [0.3, 0.4) is 0 Å². The first-order valence-corrected chi connectivity index (χ1v) is 7.24. The van der Waals surface area contributed by atoms with Gasteiger partial charge >= 0.3 is 0 Å². The lowest BCUT2D eigenvalue weighted by Gasteiger charge is -2.43. The van der Waals surface area contributed by atoms with Crippen LogP contribution in [-0.2, 0) is 0 Å². The highest BCUT2D eigenvalue weighted by atomic mass is 16.1. The number of carbonyl (C=O) groups excluding carboxylic acids is 1. The number of Topliss-reactive ketones (excluding diaryl/α,β-unsaturated/α-hetero) is 1. The molecular weight excluding hydrogens is 234 g/mol. The smallest absolute Gasteiger partial charge is 0.183 e. The van der Waals surface area contributed by atoms with Crippen molar-refractivity contribution >= 4 is 5.78 Å². The molecule has 1 saturated carbocycles. The maximum absolute atomic E-state index is 13.0. The summed E-state index contributed by atoms with van der Waals surface area (Å²) < 4.78 is 0. The Bertz CT molecular complexity index is 456. The van der Waals surface area contributed by atoms with Gasteiger partial charge in [-0.1, -0.05) is 30.7 Å². The highest BCUT2D eigenvalue weighted by Gasteiger charge is 2.43. The topological polar surface area (TPSA) is 20.3 Å². The third-order valence-electron chi connectivity index (χ3n) is 4.66. The van der Waals surface area contributed by atoms with E-state index in [2.05, 4.69) is 11.8 Å². The van der Waals surface area contributed by atoms with E-state index in [0.29, 0.717) is 5.78 Å². The maximum atomic E-state index is 13.0. The SMILES string of the molecule is Cc1cccc(C(=O)C2(N(C)C)CCC(C)CC2)c1. The highest BCUT2D eigenvalue weighted by Crippen LogP contribution is 2.37. The fourth-order valence-corrected chi connectivity index (χ4v) is 3.17. The van der Waals surface area contributed by atoms with Crippen LogP contribution in [0.25, 0.3) is 0 Å². The van der Waals surface area contributed by atoms with Gasteiger partial charge in [0.25, 0.3) is 0 Å². The largest absolute Gasteiger partial charge is 0.297 e. The van der Waals surface area contributed by atoms with Crippen LogP contribution in [0.1, 0.15) is 48.5 Å². The summed E-state index contributed by atoms with van der Waals surface area (Å²) in [5.74, 6) is 1.05. The van der Waals surface area contributed by atoms with Crippen molar-refractivity contribution in [1.82, 2.24) is 4.90 Å². The van der Waals surface area contributed by atoms with E-state index in [9.17, 15) is 4.79 Å². The van der Waals surface area contributed by atoms with Crippen molar-refractivity contribution in [3.8, 4) is 0 Å². The van der Waals surface area contributed by atoms with Gasteiger partial charge in [0.05, 0.1) is 5.54 Å². The minimum atomic E-state index is -0.291. The summed E-state index contributed by atoms with van der Waals surface area (Å²) in [7, 11) is 4.09. The predicted octanol–water partition coefficient (Wildman–Crippen LogP) is 3.69.